The zero-order valence-electron chi connectivity index (χ0n) is 16.0. The van der Waals surface area contributed by atoms with E-state index in [2.05, 4.69) is 17.9 Å². The molecule has 152 valence electrons. The number of ether oxygens (including phenoxy) is 1. The predicted octanol–water partition coefficient (Wildman–Crippen LogP) is -1.13. The molecule has 0 radical (unpaired) electrons. The Morgan fingerprint density at radius 1 is 1.24 bits per heavy atom. The molecule has 0 bridgehead atoms. The zero-order valence-corrected chi connectivity index (χ0v) is 19.7. The average Bonchev–Trinajstić information content (AvgIpc) is 2.65. The largest absolute Gasteiger partial charge is 1.00 e. The Balaban J connectivity index is 0.00000420. The van der Waals surface area contributed by atoms with Crippen LogP contribution in [0.3, 0.4) is 0 Å². The SMILES string of the molecule is CC(=O)/C(=C\C(S)=C(\[NH-])N1CCOCC1)C(=O)Nc1ccc(S(=O)(=O)O)cc1.[Na+]. The summed E-state index contributed by atoms with van der Waals surface area (Å²) in [6.07, 6.45) is 1.23. The molecule has 2 rings (SSSR count). The second kappa shape index (κ2) is 11.2. The quantitative estimate of drug-likeness (QED) is 0.0951. The summed E-state index contributed by atoms with van der Waals surface area (Å²) >= 11 is 4.24. The number of ketones is 1. The Morgan fingerprint density at radius 2 is 1.79 bits per heavy atom. The van der Waals surface area contributed by atoms with Crippen molar-refractivity contribution in [3.63, 3.8) is 0 Å². The van der Waals surface area contributed by atoms with Crippen molar-refractivity contribution in [2.45, 2.75) is 11.8 Å². The molecule has 12 heteroatoms. The first-order valence-electron chi connectivity index (χ1n) is 8.18. The molecule has 0 saturated carbocycles. The number of hydrogen-bond donors (Lipinski definition) is 3. The van der Waals surface area contributed by atoms with Crippen LogP contribution in [0.5, 0.6) is 0 Å². The molecule has 1 aliphatic heterocycles. The first kappa shape index (κ1) is 25.7. The maximum atomic E-state index is 12.5. The van der Waals surface area contributed by atoms with Gasteiger partial charge in [-0.2, -0.15) is 8.42 Å². The molecule has 1 aromatic carbocycles. The van der Waals surface area contributed by atoms with Gasteiger partial charge >= 0.3 is 29.6 Å². The van der Waals surface area contributed by atoms with Crippen LogP contribution in [0.4, 0.5) is 5.69 Å². The molecule has 0 atom stereocenters. The van der Waals surface area contributed by atoms with Crippen molar-refractivity contribution in [2.75, 3.05) is 31.6 Å². The minimum Gasteiger partial charge on any atom is -0.481 e. The third-order valence-corrected chi connectivity index (χ3v) is 5.09. The number of nitrogens with one attached hydrogen (secondary N) is 2. The monoisotopic (exact) mass is 449 g/mol. The number of carbonyl (C=O) groups excluding carboxylic acids is 2. The van der Waals surface area contributed by atoms with E-state index in [1.165, 1.54) is 25.1 Å². The van der Waals surface area contributed by atoms with E-state index in [9.17, 15) is 18.0 Å². The number of nitrogens with zero attached hydrogens (tertiary/aromatic N) is 1. The third kappa shape index (κ3) is 7.45. The number of hydrogen-bond acceptors (Lipinski definition) is 7. The first-order valence-corrected chi connectivity index (χ1v) is 10.1. The number of carbonyl (C=O) groups is 2. The Bertz CT molecular complexity index is 923. The van der Waals surface area contributed by atoms with Gasteiger partial charge in [-0.3, -0.25) is 14.1 Å². The smallest absolute Gasteiger partial charge is 0.481 e. The molecule has 0 unspecified atom stereocenters. The normalized spacial score (nSPS) is 15.8. The summed E-state index contributed by atoms with van der Waals surface area (Å²) in [6.45, 7) is 3.20. The second-order valence-electron chi connectivity index (χ2n) is 5.90. The van der Waals surface area contributed by atoms with Gasteiger partial charge in [0.15, 0.2) is 5.78 Å². The molecule has 1 saturated heterocycles. The minimum atomic E-state index is -4.34. The van der Waals surface area contributed by atoms with Crippen molar-refractivity contribution in [3.05, 3.63) is 52.4 Å². The van der Waals surface area contributed by atoms with E-state index >= 15 is 0 Å². The Labute approximate surface area is 196 Å². The number of morpholine rings is 1. The van der Waals surface area contributed by atoms with Crippen LogP contribution < -0.4 is 34.9 Å². The van der Waals surface area contributed by atoms with Gasteiger partial charge in [0.1, 0.15) is 0 Å². The van der Waals surface area contributed by atoms with Crippen molar-refractivity contribution < 1.29 is 56.9 Å². The molecule has 1 fully saturated rings. The number of amides is 1. The maximum Gasteiger partial charge on any atom is 1.00 e. The first-order chi connectivity index (χ1) is 13.1. The molecule has 0 aromatic heterocycles. The molecule has 9 nitrogen and oxygen atoms in total. The third-order valence-electron chi connectivity index (χ3n) is 3.88. The molecule has 29 heavy (non-hydrogen) atoms. The van der Waals surface area contributed by atoms with Crippen molar-refractivity contribution in [1.29, 1.82) is 0 Å². The average molecular weight is 449 g/mol. The van der Waals surface area contributed by atoms with Crippen molar-refractivity contribution in [2.24, 2.45) is 0 Å². The Hall–Kier alpha value is -1.34. The van der Waals surface area contributed by atoms with Crippen LogP contribution >= 0.6 is 12.6 Å². The van der Waals surface area contributed by atoms with Crippen LogP contribution in [0, 0.1) is 0 Å². The standard InChI is InChI=1S/C17H21N3O6S2.Na/c1-11(21)14(10-15(27)16(18)20-6-8-26-9-7-20)17(22)19-12-2-4-13(5-3-12)28(23,24)25;/h2-5,10H,6-9H2,1H3,(H5,18,19,21,22,23,24,25,27);/q;+1/p-1. The van der Waals surface area contributed by atoms with Gasteiger partial charge in [0.05, 0.1) is 10.5 Å². The summed E-state index contributed by atoms with van der Waals surface area (Å²) < 4.78 is 36.3. The van der Waals surface area contributed by atoms with Gasteiger partial charge in [-0.25, -0.2) is 0 Å². The van der Waals surface area contributed by atoms with Crippen LogP contribution in [-0.4, -0.2) is 55.9 Å². The van der Waals surface area contributed by atoms with E-state index in [4.69, 9.17) is 15.0 Å². The van der Waals surface area contributed by atoms with E-state index in [0.717, 1.165) is 12.1 Å². The summed E-state index contributed by atoms with van der Waals surface area (Å²) in [5.41, 5.74) is 8.18. The van der Waals surface area contributed by atoms with Crippen LogP contribution in [0.1, 0.15) is 6.92 Å². The van der Waals surface area contributed by atoms with E-state index in [-0.39, 0.29) is 56.4 Å². The molecule has 1 amide bonds. The van der Waals surface area contributed by atoms with Gasteiger partial charge in [0, 0.05) is 23.8 Å². The van der Waals surface area contributed by atoms with Crippen LogP contribution in [0.25, 0.3) is 5.73 Å². The maximum absolute atomic E-state index is 12.5. The molecular weight excluding hydrogens is 429 g/mol. The van der Waals surface area contributed by atoms with E-state index in [1.807, 2.05) is 0 Å². The summed E-state index contributed by atoms with van der Waals surface area (Å²) in [6, 6.07) is 4.79. The van der Waals surface area contributed by atoms with Crippen molar-refractivity contribution >= 4 is 40.1 Å². The van der Waals surface area contributed by atoms with Gasteiger partial charge in [-0.15, -0.1) is 12.6 Å². The number of allylic oxidation sites excluding steroid dienone is 1. The molecule has 0 spiro atoms. The summed E-state index contributed by atoms with van der Waals surface area (Å²) in [7, 11) is -4.34. The second-order valence-corrected chi connectivity index (χ2v) is 7.80. The summed E-state index contributed by atoms with van der Waals surface area (Å²) in [5, 5.41) is 2.47. The minimum absolute atomic E-state index is 0. The molecule has 1 aromatic rings. The number of rotatable bonds is 6. The number of Topliss-reactive ketones (excluding diaryl/α,β-unsaturated/α-hetero) is 1. The number of thiol groups is 1. The van der Waals surface area contributed by atoms with Gasteiger partial charge < -0.3 is 20.7 Å². The molecule has 0 aliphatic carbocycles. The van der Waals surface area contributed by atoms with E-state index in [1.54, 1.807) is 4.90 Å². The molecule has 1 heterocycles. The Kier molecular flexibility index (Phi) is 9.89. The fourth-order valence-corrected chi connectivity index (χ4v) is 3.14. The topological polar surface area (TPSA) is 137 Å². The van der Waals surface area contributed by atoms with Gasteiger partial charge in [0.25, 0.3) is 16.0 Å². The molecule has 3 N–H and O–H groups in total. The Morgan fingerprint density at radius 3 is 2.28 bits per heavy atom. The van der Waals surface area contributed by atoms with Crippen LogP contribution in [0.2, 0.25) is 0 Å². The fourth-order valence-electron chi connectivity index (χ4n) is 2.39. The van der Waals surface area contributed by atoms with E-state index < -0.39 is 21.8 Å². The van der Waals surface area contributed by atoms with Crippen molar-refractivity contribution in [3.8, 4) is 0 Å². The van der Waals surface area contributed by atoms with Crippen LogP contribution in [0.15, 0.2) is 51.5 Å². The molecule has 1 aliphatic rings. The summed E-state index contributed by atoms with van der Waals surface area (Å²) in [5.74, 6) is -1.17. The predicted molar refractivity (Wildman–Crippen MR) is 106 cm³/mol. The van der Waals surface area contributed by atoms with Gasteiger partial charge in [0.2, 0.25) is 0 Å². The fraction of sp³-hybridized carbons (Fsp3) is 0.294. The summed E-state index contributed by atoms with van der Waals surface area (Å²) in [4.78, 5) is 25.9. The van der Waals surface area contributed by atoms with Gasteiger partial charge in [-0.1, -0.05) is 5.82 Å². The number of benzene rings is 1. The van der Waals surface area contributed by atoms with Gasteiger partial charge in [-0.05, 0) is 50.4 Å². The molecular formula is C17H20N3NaO6S2. The number of anilines is 1. The van der Waals surface area contributed by atoms with Crippen LogP contribution in [-0.2, 0) is 24.4 Å². The zero-order chi connectivity index (χ0) is 20.9. The van der Waals surface area contributed by atoms with Crippen molar-refractivity contribution in [1.82, 2.24) is 4.90 Å². The van der Waals surface area contributed by atoms with E-state index in [0.29, 0.717) is 26.3 Å².